The van der Waals surface area contributed by atoms with E-state index in [1.54, 1.807) is 40.3 Å². The van der Waals surface area contributed by atoms with Crippen LogP contribution in [0.15, 0.2) is 36.8 Å². The number of likely N-dealkylation sites (tertiary alicyclic amines) is 1. The molecular formula is C18H22FN6O+. The summed E-state index contributed by atoms with van der Waals surface area (Å²) in [6, 6.07) is 4.89. The third-order valence-electron chi connectivity index (χ3n) is 4.43. The second kappa shape index (κ2) is 8.01. The quantitative estimate of drug-likeness (QED) is 0.756. The minimum absolute atomic E-state index is 0.244. The summed E-state index contributed by atoms with van der Waals surface area (Å²) >= 11 is 0. The molecule has 3 N–H and O–H groups in total. The van der Waals surface area contributed by atoms with Crippen molar-refractivity contribution in [3.05, 3.63) is 48.2 Å². The molecule has 0 radical (unpaired) electrons. The Bertz CT molecular complexity index is 816. The predicted molar refractivity (Wildman–Crippen MR) is 96.0 cm³/mol. The van der Waals surface area contributed by atoms with E-state index in [0.717, 1.165) is 6.42 Å². The van der Waals surface area contributed by atoms with Crippen molar-refractivity contribution in [2.24, 2.45) is 0 Å². The van der Waals surface area contributed by atoms with Gasteiger partial charge in [-0.3, -0.25) is 9.78 Å². The summed E-state index contributed by atoms with van der Waals surface area (Å²) in [7, 11) is 1.86. The van der Waals surface area contributed by atoms with Gasteiger partial charge in [-0.05, 0) is 31.0 Å². The van der Waals surface area contributed by atoms with E-state index in [-0.39, 0.29) is 17.6 Å². The highest BCUT2D eigenvalue weighted by atomic mass is 19.1. The van der Waals surface area contributed by atoms with Crippen LogP contribution in [0.4, 0.5) is 4.39 Å². The molecule has 2 aromatic rings. The minimum atomic E-state index is -0.543. The van der Waals surface area contributed by atoms with Crippen LogP contribution in [-0.4, -0.2) is 58.1 Å². The second-order valence-electron chi connectivity index (χ2n) is 6.09. The molecule has 1 atom stereocenters. The highest BCUT2D eigenvalue weighted by Gasteiger charge is 2.31. The molecule has 3 heterocycles. The predicted octanol–water partition coefficient (Wildman–Crippen LogP) is 1.03. The Morgan fingerprint density at radius 2 is 2.38 bits per heavy atom. The Morgan fingerprint density at radius 1 is 1.54 bits per heavy atom. The van der Waals surface area contributed by atoms with Crippen LogP contribution in [0.3, 0.4) is 0 Å². The summed E-state index contributed by atoms with van der Waals surface area (Å²) < 4.78 is 14.8. The number of carbonyl (C=O) groups excluding carboxylic acids is 1. The summed E-state index contributed by atoms with van der Waals surface area (Å²) in [5.74, 6) is -0.279. The van der Waals surface area contributed by atoms with Crippen molar-refractivity contribution in [1.82, 2.24) is 19.7 Å². The number of rotatable bonds is 6. The Labute approximate surface area is 151 Å². The normalized spacial score (nSPS) is 17.5. The Morgan fingerprint density at radius 3 is 3.04 bits per heavy atom. The molecule has 7 nitrogen and oxygen atoms in total. The van der Waals surface area contributed by atoms with Gasteiger partial charge in [-0.15, -0.1) is 0 Å². The lowest BCUT2D eigenvalue weighted by atomic mass is 10.2. The van der Waals surface area contributed by atoms with Crippen LogP contribution in [0.1, 0.15) is 29.0 Å². The van der Waals surface area contributed by atoms with Gasteiger partial charge in [-0.1, -0.05) is 0 Å². The first-order chi connectivity index (χ1) is 12.7. The van der Waals surface area contributed by atoms with Gasteiger partial charge in [0.1, 0.15) is 12.9 Å². The SMILES string of the molecule is C[NH2+]/C=C(\C=N)c1cc(C(=O)N2CCC[C@H]2CF)nn1-c1cccnc1. The lowest BCUT2D eigenvalue weighted by Crippen LogP contribution is -2.72. The number of amides is 1. The van der Waals surface area contributed by atoms with Crippen LogP contribution in [0, 0.1) is 5.41 Å². The van der Waals surface area contributed by atoms with Crippen LogP contribution in [0.5, 0.6) is 0 Å². The van der Waals surface area contributed by atoms with Crippen LogP contribution < -0.4 is 5.32 Å². The maximum absolute atomic E-state index is 13.2. The molecular weight excluding hydrogens is 335 g/mol. The number of nitrogens with two attached hydrogens (primary N) is 1. The Hall–Kier alpha value is -2.87. The first-order valence-electron chi connectivity index (χ1n) is 8.57. The zero-order valence-electron chi connectivity index (χ0n) is 14.6. The molecule has 0 spiro atoms. The number of aromatic nitrogens is 3. The average Bonchev–Trinajstić information content (AvgIpc) is 3.33. The van der Waals surface area contributed by atoms with Crippen molar-refractivity contribution in [1.29, 1.82) is 5.41 Å². The third kappa shape index (κ3) is 3.41. The van der Waals surface area contributed by atoms with Gasteiger partial charge in [0.15, 0.2) is 5.69 Å². The minimum Gasteiger partial charge on any atom is -0.332 e. The van der Waals surface area contributed by atoms with Crippen molar-refractivity contribution >= 4 is 17.7 Å². The number of halogens is 1. The highest BCUT2D eigenvalue weighted by Crippen LogP contribution is 2.23. The number of quaternary nitrogens is 1. The van der Waals surface area contributed by atoms with Gasteiger partial charge in [0.05, 0.1) is 36.2 Å². The van der Waals surface area contributed by atoms with Crippen LogP contribution in [0.25, 0.3) is 11.3 Å². The van der Waals surface area contributed by atoms with Crippen LogP contribution in [-0.2, 0) is 0 Å². The van der Waals surface area contributed by atoms with Crippen molar-refractivity contribution in [3.63, 3.8) is 0 Å². The molecule has 2 aromatic heterocycles. The molecule has 1 fully saturated rings. The summed E-state index contributed by atoms with van der Waals surface area (Å²) in [4.78, 5) is 18.5. The van der Waals surface area contributed by atoms with Gasteiger partial charge in [-0.2, -0.15) is 5.10 Å². The van der Waals surface area contributed by atoms with Gasteiger partial charge in [0.25, 0.3) is 5.91 Å². The lowest BCUT2D eigenvalue weighted by Gasteiger charge is -2.21. The molecule has 0 unspecified atom stereocenters. The van der Waals surface area contributed by atoms with E-state index in [0.29, 0.717) is 29.9 Å². The van der Waals surface area contributed by atoms with Crippen molar-refractivity contribution in [3.8, 4) is 5.69 Å². The largest absolute Gasteiger partial charge is 0.332 e. The molecule has 0 aliphatic carbocycles. The third-order valence-corrected chi connectivity index (χ3v) is 4.43. The average molecular weight is 357 g/mol. The summed E-state index contributed by atoms with van der Waals surface area (Å²) in [5.41, 5.74) is 2.17. The van der Waals surface area contributed by atoms with Crippen molar-refractivity contribution in [2.45, 2.75) is 18.9 Å². The van der Waals surface area contributed by atoms with E-state index in [4.69, 9.17) is 5.41 Å². The molecule has 3 rings (SSSR count). The number of pyridine rings is 1. The lowest BCUT2D eigenvalue weighted by molar-refractivity contribution is -0.555. The number of allylic oxidation sites excluding steroid dienone is 1. The first-order valence-corrected chi connectivity index (χ1v) is 8.57. The molecule has 0 aromatic carbocycles. The summed E-state index contributed by atoms with van der Waals surface area (Å²) in [6.45, 7) is -0.00311. The highest BCUT2D eigenvalue weighted by molar-refractivity contribution is 6.08. The number of alkyl halides is 1. The van der Waals surface area contributed by atoms with Crippen molar-refractivity contribution in [2.75, 3.05) is 20.3 Å². The van der Waals surface area contributed by atoms with E-state index >= 15 is 0 Å². The van der Waals surface area contributed by atoms with Gasteiger partial charge in [0.2, 0.25) is 0 Å². The fourth-order valence-electron chi connectivity index (χ4n) is 3.16. The molecule has 136 valence electrons. The molecule has 0 saturated carbocycles. The second-order valence-corrected chi connectivity index (χ2v) is 6.09. The maximum atomic E-state index is 13.2. The van der Waals surface area contributed by atoms with E-state index < -0.39 is 6.67 Å². The fourth-order valence-corrected chi connectivity index (χ4v) is 3.16. The number of hydrogen-bond acceptors (Lipinski definition) is 4. The van der Waals surface area contributed by atoms with E-state index in [1.165, 1.54) is 6.21 Å². The first kappa shape index (κ1) is 17.9. The van der Waals surface area contributed by atoms with Crippen LogP contribution >= 0.6 is 0 Å². The molecule has 1 saturated heterocycles. The Balaban J connectivity index is 2.05. The van der Waals surface area contributed by atoms with Crippen LogP contribution in [0.2, 0.25) is 0 Å². The van der Waals surface area contributed by atoms with Gasteiger partial charge in [-0.25, -0.2) is 9.07 Å². The van der Waals surface area contributed by atoms with Crippen molar-refractivity contribution < 1.29 is 14.5 Å². The smallest absolute Gasteiger partial charge is 0.274 e. The number of nitrogens with one attached hydrogen (secondary N) is 1. The van der Waals surface area contributed by atoms with E-state index in [2.05, 4.69) is 10.1 Å². The summed E-state index contributed by atoms with van der Waals surface area (Å²) in [6.07, 6.45) is 7.77. The number of hydrogen-bond donors (Lipinski definition) is 2. The number of nitrogens with zero attached hydrogens (tertiary/aromatic N) is 4. The standard InChI is InChI=1S/C18H21FN6O/c1-21-11-13(10-20)17-8-16(18(26)24-7-3-5-14(24)9-19)23-25(17)15-4-2-6-22-12-15/h2,4,6,8,10-12,14,20-21H,3,5,7,9H2,1H3/p+1/b13-11+,20-10?/t14-/m0/s1. The molecule has 0 bridgehead atoms. The summed E-state index contributed by atoms with van der Waals surface area (Å²) in [5, 5.41) is 14.0. The molecule has 1 amide bonds. The Kier molecular flexibility index (Phi) is 5.52. The monoisotopic (exact) mass is 357 g/mol. The van der Waals surface area contributed by atoms with E-state index in [9.17, 15) is 9.18 Å². The van der Waals surface area contributed by atoms with Gasteiger partial charge < -0.3 is 15.6 Å². The molecule has 1 aliphatic rings. The molecule has 8 heteroatoms. The maximum Gasteiger partial charge on any atom is 0.274 e. The topological polar surface area (TPSA) is 91.5 Å². The van der Waals surface area contributed by atoms with Gasteiger partial charge >= 0.3 is 0 Å². The zero-order valence-corrected chi connectivity index (χ0v) is 14.6. The number of carbonyl (C=O) groups is 1. The molecule has 1 aliphatic heterocycles. The van der Waals surface area contributed by atoms with E-state index in [1.807, 2.05) is 18.4 Å². The zero-order chi connectivity index (χ0) is 18.5. The molecule has 26 heavy (non-hydrogen) atoms. The fraction of sp³-hybridized carbons (Fsp3) is 0.333. The van der Waals surface area contributed by atoms with Gasteiger partial charge in [0, 0.05) is 19.0 Å².